The van der Waals surface area contributed by atoms with Gasteiger partial charge in [0.2, 0.25) is 0 Å². The number of hydrogen-bond donors (Lipinski definition) is 1. The van der Waals surface area contributed by atoms with Gasteiger partial charge < -0.3 is 14.2 Å². The van der Waals surface area contributed by atoms with Gasteiger partial charge in [0.25, 0.3) is 0 Å². The highest BCUT2D eigenvalue weighted by Gasteiger charge is 2.25. The Hall–Kier alpha value is -1.56. The number of hydrogen-bond acceptors (Lipinski definition) is 3. The van der Waals surface area contributed by atoms with Gasteiger partial charge in [-0.2, -0.15) is 0 Å². The highest BCUT2D eigenvalue weighted by Crippen LogP contribution is 2.39. The molecule has 0 saturated heterocycles. The zero-order valence-electron chi connectivity index (χ0n) is 15.0. The zero-order chi connectivity index (χ0) is 17.6. The van der Waals surface area contributed by atoms with Crippen molar-refractivity contribution in [2.24, 2.45) is 0 Å². The first-order chi connectivity index (χ1) is 12.2. The van der Waals surface area contributed by atoms with Crippen LogP contribution in [0.25, 0.3) is 20.4 Å². The lowest BCUT2D eigenvalue weighted by Gasteiger charge is -2.16. The van der Waals surface area contributed by atoms with Crippen LogP contribution in [0.3, 0.4) is 0 Å². The summed E-state index contributed by atoms with van der Waals surface area (Å²) in [6, 6.07) is 6.48. The van der Waals surface area contributed by atoms with E-state index < -0.39 is 6.10 Å². The molecule has 5 heteroatoms. The third kappa shape index (κ3) is 2.57. The fraction of sp³-hybridized carbons (Fsp3) is 0.400. The van der Waals surface area contributed by atoms with Crippen LogP contribution in [0.5, 0.6) is 0 Å². The smallest absolute Gasteiger partial charge is 0.121 e. The van der Waals surface area contributed by atoms with E-state index in [9.17, 15) is 5.11 Å². The number of thiophene rings is 2. The van der Waals surface area contributed by atoms with Gasteiger partial charge in [-0.05, 0) is 48.7 Å². The highest BCUT2D eigenvalue weighted by molar-refractivity contribution is 7.17. The molecule has 0 aliphatic carbocycles. The minimum atomic E-state index is -0.582. The van der Waals surface area contributed by atoms with Gasteiger partial charge in [0.05, 0.1) is 5.69 Å². The predicted octanol–water partition coefficient (Wildman–Crippen LogP) is 5.93. The topological polar surface area (TPSA) is 30.1 Å². The van der Waals surface area contributed by atoms with Crippen LogP contribution >= 0.6 is 22.7 Å². The molecule has 0 radical (unpaired) electrons. The van der Waals surface area contributed by atoms with E-state index in [4.69, 9.17) is 0 Å². The standard InChI is InChI=1S/C20H24N2OS2/c1-4-8-21-13(3)17(15-7-11-25-20(15)21)18(23)16-12-14-6-10-24-19(14)22(16)9-5-2/h6-7,10-12,18,23H,4-5,8-9H2,1-3H3. The average Bonchev–Trinajstić information content (AvgIpc) is 3.32. The second-order valence-corrected chi connectivity index (χ2v) is 8.38. The Bertz CT molecular complexity index is 1020. The lowest BCUT2D eigenvalue weighted by Crippen LogP contribution is -2.10. The molecule has 0 spiro atoms. The molecule has 4 rings (SSSR count). The molecule has 0 fully saturated rings. The van der Waals surface area contributed by atoms with Crippen LogP contribution in [-0.2, 0) is 13.1 Å². The SMILES string of the molecule is CCCn1c(C(O)c2c(C)n(CCC)c3sccc23)cc2ccsc21. The summed E-state index contributed by atoms with van der Waals surface area (Å²) in [5.41, 5.74) is 3.30. The van der Waals surface area contributed by atoms with Crippen molar-refractivity contribution >= 4 is 43.1 Å². The minimum Gasteiger partial charge on any atom is -0.382 e. The number of nitrogens with zero attached hydrogens (tertiary/aromatic N) is 2. The van der Waals surface area contributed by atoms with Crippen LogP contribution in [0.2, 0.25) is 0 Å². The molecule has 4 aromatic rings. The molecule has 3 nitrogen and oxygen atoms in total. The molecule has 1 unspecified atom stereocenters. The zero-order valence-corrected chi connectivity index (χ0v) is 16.6. The summed E-state index contributed by atoms with van der Waals surface area (Å²) in [5, 5.41) is 18.1. The Labute approximate surface area is 156 Å². The Morgan fingerprint density at radius 1 is 1.00 bits per heavy atom. The molecule has 4 heterocycles. The number of aromatic nitrogens is 2. The van der Waals surface area contributed by atoms with Gasteiger partial charge >= 0.3 is 0 Å². The predicted molar refractivity (Wildman–Crippen MR) is 109 cm³/mol. The Balaban J connectivity index is 1.89. The Morgan fingerprint density at radius 2 is 1.68 bits per heavy atom. The second kappa shape index (κ2) is 6.63. The van der Waals surface area contributed by atoms with Gasteiger partial charge in [-0.25, -0.2) is 0 Å². The maximum atomic E-state index is 11.4. The molecule has 0 aliphatic heterocycles. The minimum absolute atomic E-state index is 0.582. The normalized spacial score (nSPS) is 13.3. The molecular formula is C20H24N2OS2. The van der Waals surface area contributed by atoms with E-state index in [0.717, 1.165) is 37.2 Å². The average molecular weight is 373 g/mol. The van der Waals surface area contributed by atoms with Crippen molar-refractivity contribution in [2.75, 3.05) is 0 Å². The molecule has 1 atom stereocenters. The quantitative estimate of drug-likeness (QED) is 0.447. The van der Waals surface area contributed by atoms with Crippen molar-refractivity contribution in [3.8, 4) is 0 Å². The lowest BCUT2D eigenvalue weighted by molar-refractivity contribution is 0.211. The number of rotatable bonds is 6. The molecule has 132 valence electrons. The molecule has 0 bridgehead atoms. The van der Waals surface area contributed by atoms with Crippen molar-refractivity contribution in [1.82, 2.24) is 9.13 Å². The lowest BCUT2D eigenvalue weighted by atomic mass is 10.0. The van der Waals surface area contributed by atoms with Gasteiger partial charge in [0.1, 0.15) is 15.8 Å². The van der Waals surface area contributed by atoms with E-state index >= 15 is 0 Å². The molecule has 0 amide bonds. The van der Waals surface area contributed by atoms with E-state index in [1.165, 1.54) is 26.1 Å². The summed E-state index contributed by atoms with van der Waals surface area (Å²) < 4.78 is 4.67. The fourth-order valence-corrected chi connectivity index (χ4v) is 5.79. The van der Waals surface area contributed by atoms with E-state index in [-0.39, 0.29) is 0 Å². The molecule has 4 aromatic heterocycles. The first-order valence-electron chi connectivity index (χ1n) is 8.98. The Kier molecular flexibility index (Phi) is 4.48. The molecule has 0 aromatic carbocycles. The monoisotopic (exact) mass is 372 g/mol. The Morgan fingerprint density at radius 3 is 2.44 bits per heavy atom. The maximum Gasteiger partial charge on any atom is 0.121 e. The molecular weight excluding hydrogens is 348 g/mol. The number of fused-ring (bicyclic) bond motifs is 2. The van der Waals surface area contributed by atoms with Crippen molar-refractivity contribution < 1.29 is 5.11 Å². The van der Waals surface area contributed by atoms with Gasteiger partial charge in [-0.3, -0.25) is 0 Å². The highest BCUT2D eigenvalue weighted by atomic mass is 32.1. The van der Waals surface area contributed by atoms with Crippen LogP contribution in [0.4, 0.5) is 0 Å². The number of aryl methyl sites for hydroxylation is 2. The second-order valence-electron chi connectivity index (χ2n) is 6.59. The van der Waals surface area contributed by atoms with E-state index in [0.29, 0.717) is 0 Å². The van der Waals surface area contributed by atoms with E-state index in [1.807, 2.05) is 0 Å². The van der Waals surface area contributed by atoms with Crippen LogP contribution in [-0.4, -0.2) is 14.2 Å². The number of aliphatic hydroxyl groups is 1. The molecule has 25 heavy (non-hydrogen) atoms. The maximum absolute atomic E-state index is 11.4. The van der Waals surface area contributed by atoms with Crippen molar-refractivity contribution in [3.63, 3.8) is 0 Å². The first-order valence-corrected chi connectivity index (χ1v) is 10.7. The van der Waals surface area contributed by atoms with Crippen LogP contribution < -0.4 is 0 Å². The van der Waals surface area contributed by atoms with Gasteiger partial charge in [-0.1, -0.05) is 13.8 Å². The summed E-state index contributed by atoms with van der Waals surface area (Å²) in [6.45, 7) is 8.49. The van der Waals surface area contributed by atoms with Crippen molar-refractivity contribution in [2.45, 2.75) is 52.8 Å². The summed E-state index contributed by atoms with van der Waals surface area (Å²) in [6.07, 6.45) is 1.58. The van der Waals surface area contributed by atoms with Crippen LogP contribution in [0.1, 0.15) is 49.7 Å². The third-order valence-corrected chi connectivity index (χ3v) is 6.84. The molecule has 0 aliphatic rings. The third-order valence-electron chi connectivity index (χ3n) is 4.96. The van der Waals surface area contributed by atoms with Gasteiger partial charge in [0, 0.05) is 35.1 Å². The summed E-state index contributed by atoms with van der Waals surface area (Å²) in [4.78, 5) is 2.55. The van der Waals surface area contributed by atoms with E-state index in [1.54, 1.807) is 22.7 Å². The van der Waals surface area contributed by atoms with Gasteiger partial charge in [0.15, 0.2) is 0 Å². The van der Waals surface area contributed by atoms with Crippen molar-refractivity contribution in [1.29, 1.82) is 0 Å². The van der Waals surface area contributed by atoms with E-state index in [2.05, 4.69) is 58.9 Å². The number of aliphatic hydroxyl groups excluding tert-OH is 1. The van der Waals surface area contributed by atoms with Crippen LogP contribution in [0.15, 0.2) is 29.0 Å². The summed E-state index contributed by atoms with van der Waals surface area (Å²) in [5.74, 6) is 0. The summed E-state index contributed by atoms with van der Waals surface area (Å²) in [7, 11) is 0. The molecule has 1 N–H and O–H groups in total. The van der Waals surface area contributed by atoms with Crippen molar-refractivity contribution in [3.05, 3.63) is 45.9 Å². The fourth-order valence-electron chi connectivity index (χ4n) is 3.87. The summed E-state index contributed by atoms with van der Waals surface area (Å²) >= 11 is 3.53. The first kappa shape index (κ1) is 16.9. The molecule has 0 saturated carbocycles. The van der Waals surface area contributed by atoms with Gasteiger partial charge in [-0.15, -0.1) is 22.7 Å². The largest absolute Gasteiger partial charge is 0.382 e. The van der Waals surface area contributed by atoms with Crippen LogP contribution in [0, 0.1) is 6.92 Å².